The first-order chi connectivity index (χ1) is 8.23. The van der Waals surface area contributed by atoms with Crippen LogP contribution in [0, 0.1) is 11.6 Å². The molecule has 1 atom stereocenters. The zero-order chi connectivity index (χ0) is 14.1. The van der Waals surface area contributed by atoms with Crippen LogP contribution in [0.3, 0.4) is 0 Å². The topological polar surface area (TPSA) is 57.6 Å². The Balaban J connectivity index is 3.34. The molecule has 0 aliphatic rings. The molecule has 1 aromatic carbocycles. The predicted octanol–water partition coefficient (Wildman–Crippen LogP) is 1.73. The normalized spacial score (nSPS) is 13.9. The van der Waals surface area contributed by atoms with Crippen molar-refractivity contribution in [2.75, 3.05) is 13.7 Å². The van der Waals surface area contributed by atoms with E-state index in [0.29, 0.717) is 0 Å². The molecule has 0 spiro atoms. The third kappa shape index (κ3) is 2.71. The van der Waals surface area contributed by atoms with E-state index in [1.807, 2.05) is 0 Å². The fourth-order valence-corrected chi connectivity index (χ4v) is 3.11. The number of hydrogen-bond acceptors (Lipinski definition) is 3. The standard InChI is InChI=1S/C10H12BrF2NO3S/c1-6(5-15)14(2)18(16,17)8-4-3-7(12)9(11)10(8)13/h3-4,6,15H,5H2,1-2H3/t6-/m0/s1. The Hall–Kier alpha value is -0.570. The Labute approximate surface area is 112 Å². The average molecular weight is 344 g/mol. The van der Waals surface area contributed by atoms with Gasteiger partial charge in [0.2, 0.25) is 10.0 Å². The van der Waals surface area contributed by atoms with Crippen molar-refractivity contribution in [1.29, 1.82) is 0 Å². The summed E-state index contributed by atoms with van der Waals surface area (Å²) in [6.07, 6.45) is 0. The van der Waals surface area contributed by atoms with Crippen molar-refractivity contribution in [1.82, 2.24) is 4.31 Å². The summed E-state index contributed by atoms with van der Waals surface area (Å²) in [5.74, 6) is -2.07. The van der Waals surface area contributed by atoms with Crippen LogP contribution in [0.4, 0.5) is 8.78 Å². The van der Waals surface area contributed by atoms with Crippen molar-refractivity contribution in [2.45, 2.75) is 17.9 Å². The SMILES string of the molecule is C[C@@H](CO)N(C)S(=O)(=O)c1ccc(F)c(Br)c1F. The Kier molecular flexibility index (Phi) is 4.82. The lowest BCUT2D eigenvalue weighted by atomic mass is 10.3. The van der Waals surface area contributed by atoms with Gasteiger partial charge in [0, 0.05) is 13.1 Å². The lowest BCUT2D eigenvalue weighted by molar-refractivity contribution is 0.213. The third-order valence-electron chi connectivity index (χ3n) is 2.54. The molecule has 1 aromatic rings. The monoisotopic (exact) mass is 343 g/mol. The highest BCUT2D eigenvalue weighted by atomic mass is 79.9. The number of sulfonamides is 1. The maximum absolute atomic E-state index is 13.7. The van der Waals surface area contributed by atoms with Gasteiger partial charge in [-0.25, -0.2) is 17.2 Å². The van der Waals surface area contributed by atoms with Crippen molar-refractivity contribution in [3.05, 3.63) is 28.2 Å². The summed E-state index contributed by atoms with van der Waals surface area (Å²) in [4.78, 5) is -0.640. The Morgan fingerprint density at radius 2 is 2.00 bits per heavy atom. The fraction of sp³-hybridized carbons (Fsp3) is 0.400. The van der Waals surface area contributed by atoms with Crippen molar-refractivity contribution in [2.24, 2.45) is 0 Å². The van der Waals surface area contributed by atoms with Gasteiger partial charge in [-0.3, -0.25) is 0 Å². The van der Waals surface area contributed by atoms with Crippen LogP contribution in [0.1, 0.15) is 6.92 Å². The average Bonchev–Trinajstić information content (AvgIpc) is 2.33. The van der Waals surface area contributed by atoms with E-state index in [9.17, 15) is 17.2 Å². The van der Waals surface area contributed by atoms with Crippen LogP contribution in [0.15, 0.2) is 21.5 Å². The first kappa shape index (κ1) is 15.5. The Morgan fingerprint density at radius 3 is 2.50 bits per heavy atom. The number of rotatable bonds is 4. The zero-order valence-electron chi connectivity index (χ0n) is 9.69. The third-order valence-corrected chi connectivity index (χ3v) is 5.26. The van der Waals surface area contributed by atoms with E-state index < -0.39 is 43.7 Å². The van der Waals surface area contributed by atoms with Crippen LogP contribution in [-0.2, 0) is 10.0 Å². The summed E-state index contributed by atoms with van der Waals surface area (Å²) in [5.41, 5.74) is 0. The highest BCUT2D eigenvalue weighted by molar-refractivity contribution is 9.10. The summed E-state index contributed by atoms with van der Waals surface area (Å²) >= 11 is 2.64. The maximum Gasteiger partial charge on any atom is 0.246 e. The van der Waals surface area contributed by atoms with E-state index in [1.54, 1.807) is 0 Å². The second-order valence-electron chi connectivity index (χ2n) is 3.73. The van der Waals surface area contributed by atoms with Gasteiger partial charge in [-0.15, -0.1) is 0 Å². The summed E-state index contributed by atoms with van der Waals surface area (Å²) in [5, 5.41) is 8.91. The minimum atomic E-state index is -4.12. The van der Waals surface area contributed by atoms with Crippen molar-refractivity contribution < 1.29 is 22.3 Å². The van der Waals surface area contributed by atoms with E-state index >= 15 is 0 Å². The van der Waals surface area contributed by atoms with E-state index in [-0.39, 0.29) is 0 Å². The molecule has 0 saturated carbocycles. The molecule has 0 aliphatic heterocycles. The molecule has 0 amide bonds. The second-order valence-corrected chi connectivity index (χ2v) is 6.49. The highest BCUT2D eigenvalue weighted by Crippen LogP contribution is 2.27. The number of halogens is 3. The summed E-state index contributed by atoms with van der Waals surface area (Å²) < 4.78 is 51.2. The van der Waals surface area contributed by atoms with E-state index in [0.717, 1.165) is 16.4 Å². The smallest absolute Gasteiger partial charge is 0.246 e. The van der Waals surface area contributed by atoms with Gasteiger partial charge >= 0.3 is 0 Å². The molecule has 0 saturated heterocycles. The van der Waals surface area contributed by atoms with Gasteiger partial charge in [0.05, 0.1) is 11.1 Å². The molecule has 1 N–H and O–H groups in total. The molecule has 0 aromatic heterocycles. The zero-order valence-corrected chi connectivity index (χ0v) is 12.1. The first-order valence-corrected chi connectivity index (χ1v) is 7.19. The van der Waals surface area contributed by atoms with Crippen molar-refractivity contribution >= 4 is 26.0 Å². The number of aliphatic hydroxyl groups excluding tert-OH is 1. The summed E-state index contributed by atoms with van der Waals surface area (Å²) in [7, 11) is -2.90. The molecule has 102 valence electrons. The van der Waals surface area contributed by atoms with Crippen LogP contribution >= 0.6 is 15.9 Å². The molecule has 0 heterocycles. The fourth-order valence-electron chi connectivity index (χ4n) is 1.21. The van der Waals surface area contributed by atoms with Gasteiger partial charge in [0.1, 0.15) is 10.7 Å². The minimum absolute atomic E-state index is 0.403. The van der Waals surface area contributed by atoms with E-state index in [4.69, 9.17) is 5.11 Å². The Morgan fingerprint density at radius 1 is 1.44 bits per heavy atom. The second kappa shape index (κ2) is 5.60. The van der Waals surface area contributed by atoms with Gasteiger partial charge in [-0.2, -0.15) is 4.31 Å². The van der Waals surface area contributed by atoms with Gasteiger partial charge in [0.15, 0.2) is 5.82 Å². The molecule has 0 fully saturated rings. The number of hydrogen-bond donors (Lipinski definition) is 1. The van der Waals surface area contributed by atoms with Crippen LogP contribution in [0.2, 0.25) is 0 Å². The molecule has 0 radical (unpaired) electrons. The van der Waals surface area contributed by atoms with Gasteiger partial charge in [0.25, 0.3) is 0 Å². The van der Waals surface area contributed by atoms with Gasteiger partial charge in [-0.1, -0.05) is 0 Å². The predicted molar refractivity (Wildman–Crippen MR) is 65.6 cm³/mol. The van der Waals surface area contributed by atoms with E-state index in [2.05, 4.69) is 15.9 Å². The minimum Gasteiger partial charge on any atom is -0.395 e. The van der Waals surface area contributed by atoms with Crippen LogP contribution in [0.5, 0.6) is 0 Å². The molecular formula is C10H12BrF2NO3S. The first-order valence-electron chi connectivity index (χ1n) is 4.95. The lowest BCUT2D eigenvalue weighted by Gasteiger charge is -2.22. The van der Waals surface area contributed by atoms with Crippen LogP contribution in [0.25, 0.3) is 0 Å². The molecule has 0 bridgehead atoms. The molecule has 0 unspecified atom stereocenters. The maximum atomic E-state index is 13.7. The number of nitrogens with zero attached hydrogens (tertiary/aromatic N) is 1. The molecule has 8 heteroatoms. The highest BCUT2D eigenvalue weighted by Gasteiger charge is 2.29. The number of benzene rings is 1. The summed E-state index contributed by atoms with van der Waals surface area (Å²) in [6, 6.07) is 1.00. The number of aliphatic hydroxyl groups is 1. The van der Waals surface area contributed by atoms with E-state index in [1.165, 1.54) is 14.0 Å². The van der Waals surface area contributed by atoms with Gasteiger partial charge in [-0.05, 0) is 35.0 Å². The molecular weight excluding hydrogens is 332 g/mol. The lowest BCUT2D eigenvalue weighted by Crippen LogP contribution is -2.37. The molecule has 4 nitrogen and oxygen atoms in total. The molecule has 18 heavy (non-hydrogen) atoms. The summed E-state index contributed by atoms with van der Waals surface area (Å²) in [6.45, 7) is 1.06. The van der Waals surface area contributed by atoms with Crippen molar-refractivity contribution in [3.8, 4) is 0 Å². The molecule has 1 rings (SSSR count). The van der Waals surface area contributed by atoms with Gasteiger partial charge < -0.3 is 5.11 Å². The Bertz CT molecular complexity index is 550. The number of likely N-dealkylation sites (N-methyl/N-ethyl adjacent to an activating group) is 1. The quantitative estimate of drug-likeness (QED) is 0.847. The van der Waals surface area contributed by atoms with Crippen LogP contribution < -0.4 is 0 Å². The molecule has 0 aliphatic carbocycles. The largest absolute Gasteiger partial charge is 0.395 e. The van der Waals surface area contributed by atoms with Crippen LogP contribution in [-0.4, -0.2) is 37.5 Å². The van der Waals surface area contributed by atoms with Crippen molar-refractivity contribution in [3.63, 3.8) is 0 Å².